The molecule has 0 atom stereocenters. The predicted octanol–water partition coefficient (Wildman–Crippen LogP) is 0.383. The van der Waals surface area contributed by atoms with Crippen LogP contribution in [0, 0.1) is 0 Å². The number of carbonyl (C=O) groups is 1. The van der Waals surface area contributed by atoms with Gasteiger partial charge in [-0.3, -0.25) is 4.79 Å². The SMILES string of the molecule is CN(C)S(=O)(=O)c1cccc(NC(=O)C2(N)CCOCC2)c1. The van der Waals surface area contributed by atoms with Crippen molar-refractivity contribution in [3.05, 3.63) is 24.3 Å². The molecular weight excluding hydrogens is 306 g/mol. The van der Waals surface area contributed by atoms with Crippen LogP contribution in [0.2, 0.25) is 0 Å². The lowest BCUT2D eigenvalue weighted by Crippen LogP contribution is -2.54. The van der Waals surface area contributed by atoms with Gasteiger partial charge in [-0.15, -0.1) is 0 Å². The third-order valence-electron chi connectivity index (χ3n) is 3.71. The molecule has 1 aliphatic rings. The molecule has 0 radical (unpaired) electrons. The Balaban J connectivity index is 2.19. The molecule has 1 aromatic rings. The molecule has 0 bridgehead atoms. The normalized spacial score (nSPS) is 18.2. The molecule has 3 N–H and O–H groups in total. The largest absolute Gasteiger partial charge is 0.381 e. The van der Waals surface area contributed by atoms with Crippen molar-refractivity contribution in [2.75, 3.05) is 32.6 Å². The van der Waals surface area contributed by atoms with E-state index < -0.39 is 15.6 Å². The second-order valence-electron chi connectivity index (χ2n) is 5.54. The highest BCUT2D eigenvalue weighted by Crippen LogP contribution is 2.22. The molecule has 1 amide bonds. The summed E-state index contributed by atoms with van der Waals surface area (Å²) in [5, 5.41) is 2.70. The molecule has 0 spiro atoms. The van der Waals surface area contributed by atoms with Crippen LogP contribution in [0.15, 0.2) is 29.2 Å². The van der Waals surface area contributed by atoms with Crippen molar-refractivity contribution >= 4 is 21.6 Å². The highest BCUT2D eigenvalue weighted by molar-refractivity contribution is 7.89. The fourth-order valence-electron chi connectivity index (χ4n) is 2.16. The molecule has 2 rings (SSSR count). The maximum absolute atomic E-state index is 12.3. The van der Waals surface area contributed by atoms with Gasteiger partial charge in [0, 0.05) is 33.0 Å². The van der Waals surface area contributed by atoms with Crippen molar-refractivity contribution in [1.82, 2.24) is 4.31 Å². The molecule has 1 aliphatic heterocycles. The summed E-state index contributed by atoms with van der Waals surface area (Å²) in [4.78, 5) is 12.5. The molecule has 0 saturated carbocycles. The number of carbonyl (C=O) groups excluding carboxylic acids is 1. The van der Waals surface area contributed by atoms with Crippen molar-refractivity contribution in [3.63, 3.8) is 0 Å². The Morgan fingerprint density at radius 3 is 2.55 bits per heavy atom. The van der Waals surface area contributed by atoms with Gasteiger partial charge in [0.2, 0.25) is 15.9 Å². The number of benzene rings is 1. The lowest BCUT2D eigenvalue weighted by atomic mass is 9.90. The van der Waals surface area contributed by atoms with Crippen molar-refractivity contribution in [3.8, 4) is 0 Å². The Morgan fingerprint density at radius 1 is 1.32 bits per heavy atom. The molecule has 1 saturated heterocycles. The molecule has 7 nitrogen and oxygen atoms in total. The van der Waals surface area contributed by atoms with Crippen LogP contribution in [0.25, 0.3) is 0 Å². The molecule has 0 unspecified atom stereocenters. The van der Waals surface area contributed by atoms with Crippen LogP contribution >= 0.6 is 0 Å². The lowest BCUT2D eigenvalue weighted by Gasteiger charge is -2.31. The molecule has 0 aromatic heterocycles. The third-order valence-corrected chi connectivity index (χ3v) is 5.52. The lowest BCUT2D eigenvalue weighted by molar-refractivity contribution is -0.124. The topological polar surface area (TPSA) is 102 Å². The number of amides is 1. The first kappa shape index (κ1) is 16.9. The highest BCUT2D eigenvalue weighted by atomic mass is 32.2. The molecule has 8 heteroatoms. The first-order chi connectivity index (χ1) is 10.3. The number of hydrogen-bond donors (Lipinski definition) is 2. The number of rotatable bonds is 4. The van der Waals surface area contributed by atoms with Gasteiger partial charge in [-0.2, -0.15) is 0 Å². The molecular formula is C14H21N3O4S. The van der Waals surface area contributed by atoms with Crippen LogP contribution in [-0.2, 0) is 19.6 Å². The zero-order valence-corrected chi connectivity index (χ0v) is 13.5. The van der Waals surface area contributed by atoms with Gasteiger partial charge in [-0.1, -0.05) is 6.07 Å². The standard InChI is InChI=1S/C14H21N3O4S/c1-17(2)22(19,20)12-5-3-4-11(10-12)16-13(18)14(15)6-8-21-9-7-14/h3-5,10H,6-9,15H2,1-2H3,(H,16,18). The maximum Gasteiger partial charge on any atom is 0.244 e. The van der Waals surface area contributed by atoms with E-state index in [0.717, 1.165) is 4.31 Å². The first-order valence-corrected chi connectivity index (χ1v) is 8.40. The quantitative estimate of drug-likeness (QED) is 0.832. The van der Waals surface area contributed by atoms with Gasteiger partial charge in [-0.05, 0) is 31.0 Å². The van der Waals surface area contributed by atoms with E-state index in [1.165, 1.54) is 26.2 Å². The number of hydrogen-bond acceptors (Lipinski definition) is 5. The van der Waals surface area contributed by atoms with Gasteiger partial charge in [0.15, 0.2) is 0 Å². The van der Waals surface area contributed by atoms with Crippen molar-refractivity contribution in [2.45, 2.75) is 23.3 Å². The Morgan fingerprint density at radius 2 is 1.95 bits per heavy atom. The summed E-state index contributed by atoms with van der Waals surface area (Å²) in [6, 6.07) is 6.13. The minimum absolute atomic E-state index is 0.119. The van der Waals surface area contributed by atoms with E-state index in [2.05, 4.69) is 5.32 Å². The van der Waals surface area contributed by atoms with Crippen molar-refractivity contribution in [1.29, 1.82) is 0 Å². The zero-order chi connectivity index (χ0) is 16.4. The van der Waals surface area contributed by atoms with Gasteiger partial charge in [-0.25, -0.2) is 12.7 Å². The minimum Gasteiger partial charge on any atom is -0.381 e. The first-order valence-electron chi connectivity index (χ1n) is 6.96. The molecule has 0 aliphatic carbocycles. The van der Waals surface area contributed by atoms with E-state index in [4.69, 9.17) is 10.5 Å². The smallest absolute Gasteiger partial charge is 0.244 e. The molecule has 1 fully saturated rings. The maximum atomic E-state index is 12.3. The Bertz CT molecular complexity index is 652. The summed E-state index contributed by atoms with van der Waals surface area (Å²) in [5.74, 6) is -0.324. The molecule has 22 heavy (non-hydrogen) atoms. The Hall–Kier alpha value is -1.48. The van der Waals surface area contributed by atoms with E-state index in [-0.39, 0.29) is 10.8 Å². The number of sulfonamides is 1. The van der Waals surface area contributed by atoms with E-state index in [0.29, 0.717) is 31.7 Å². The van der Waals surface area contributed by atoms with Gasteiger partial charge >= 0.3 is 0 Å². The second kappa shape index (κ2) is 6.33. The van der Waals surface area contributed by atoms with Crippen LogP contribution in [0.3, 0.4) is 0 Å². The Labute approximate surface area is 130 Å². The van der Waals surface area contributed by atoms with Gasteiger partial charge in [0.25, 0.3) is 0 Å². The van der Waals surface area contributed by atoms with Crippen molar-refractivity contribution in [2.24, 2.45) is 5.73 Å². The summed E-state index contributed by atoms with van der Waals surface area (Å²) in [6.07, 6.45) is 0.878. The number of ether oxygens (including phenoxy) is 1. The monoisotopic (exact) mass is 327 g/mol. The fourth-order valence-corrected chi connectivity index (χ4v) is 3.11. The van der Waals surface area contributed by atoms with Gasteiger partial charge in [0.05, 0.1) is 4.90 Å². The second-order valence-corrected chi connectivity index (χ2v) is 7.69. The van der Waals surface area contributed by atoms with E-state index in [1.807, 2.05) is 0 Å². The number of anilines is 1. The predicted molar refractivity (Wildman–Crippen MR) is 82.9 cm³/mol. The molecule has 1 heterocycles. The zero-order valence-electron chi connectivity index (χ0n) is 12.7. The van der Waals surface area contributed by atoms with E-state index in [9.17, 15) is 13.2 Å². The number of nitrogens with zero attached hydrogens (tertiary/aromatic N) is 1. The van der Waals surface area contributed by atoms with Crippen LogP contribution in [0.1, 0.15) is 12.8 Å². The van der Waals surface area contributed by atoms with Crippen molar-refractivity contribution < 1.29 is 17.9 Å². The molecule has 1 aromatic carbocycles. The van der Waals surface area contributed by atoms with Gasteiger partial charge < -0.3 is 15.8 Å². The summed E-state index contributed by atoms with van der Waals surface area (Å²) < 4.78 is 30.5. The Kier molecular flexibility index (Phi) is 4.86. The van der Waals surface area contributed by atoms with Gasteiger partial charge in [0.1, 0.15) is 5.54 Å². The summed E-state index contributed by atoms with van der Waals surface area (Å²) in [7, 11) is -0.633. The van der Waals surface area contributed by atoms with Crippen LogP contribution in [0.5, 0.6) is 0 Å². The van der Waals surface area contributed by atoms with E-state index >= 15 is 0 Å². The summed E-state index contributed by atoms with van der Waals surface area (Å²) in [5.41, 5.74) is 5.53. The number of nitrogens with two attached hydrogens (primary N) is 1. The van der Waals surface area contributed by atoms with E-state index in [1.54, 1.807) is 12.1 Å². The summed E-state index contributed by atoms with van der Waals surface area (Å²) >= 11 is 0. The highest BCUT2D eigenvalue weighted by Gasteiger charge is 2.36. The third kappa shape index (κ3) is 3.46. The number of nitrogens with one attached hydrogen (secondary N) is 1. The minimum atomic E-state index is -3.54. The average molecular weight is 327 g/mol. The fraction of sp³-hybridized carbons (Fsp3) is 0.500. The van der Waals surface area contributed by atoms with Crippen LogP contribution in [-0.4, -0.2) is 51.5 Å². The average Bonchev–Trinajstić information content (AvgIpc) is 2.48. The summed E-state index contributed by atoms with van der Waals surface area (Å²) in [6.45, 7) is 0.887. The molecule has 122 valence electrons. The van der Waals surface area contributed by atoms with Crippen LogP contribution in [0.4, 0.5) is 5.69 Å². The van der Waals surface area contributed by atoms with Crippen LogP contribution < -0.4 is 11.1 Å².